The lowest BCUT2D eigenvalue weighted by molar-refractivity contribution is -0.138. The molecule has 1 aromatic carbocycles. The maximum atomic E-state index is 12.0. The van der Waals surface area contributed by atoms with E-state index in [1.807, 2.05) is 5.32 Å². The Balaban J connectivity index is 2.63. The highest BCUT2D eigenvalue weighted by Gasteiger charge is 2.24. The Bertz CT molecular complexity index is 658. The number of carboxylic acids is 2. The molecule has 0 saturated heterocycles. The summed E-state index contributed by atoms with van der Waals surface area (Å²) in [6.07, 6.45) is -1.58. The number of alkyl carbamates (subject to hydrolysis) is 1. The molecule has 134 valence electrons. The zero-order chi connectivity index (χ0) is 18.8. The second kappa shape index (κ2) is 9.71. The van der Waals surface area contributed by atoms with Crippen LogP contribution in [-0.2, 0) is 25.7 Å². The molecule has 9 heteroatoms. The molecule has 0 spiro atoms. The van der Waals surface area contributed by atoms with Gasteiger partial charge in [-0.1, -0.05) is 36.9 Å². The largest absolute Gasteiger partial charge is 0.481 e. The van der Waals surface area contributed by atoms with Crippen molar-refractivity contribution in [2.45, 2.75) is 25.5 Å². The fourth-order valence-electron chi connectivity index (χ4n) is 1.73. The highest BCUT2D eigenvalue weighted by Crippen LogP contribution is 2.03. The first-order valence-electron chi connectivity index (χ1n) is 7.21. The highest BCUT2D eigenvalue weighted by atomic mass is 16.5. The summed E-state index contributed by atoms with van der Waals surface area (Å²) in [6, 6.07) is 7.51. The number of hydrogen-bond donors (Lipinski definition) is 4. The van der Waals surface area contributed by atoms with Gasteiger partial charge in [-0.25, -0.2) is 9.59 Å². The van der Waals surface area contributed by atoms with Gasteiger partial charge in [-0.05, 0) is 12.0 Å². The van der Waals surface area contributed by atoms with Crippen LogP contribution >= 0.6 is 0 Å². The summed E-state index contributed by atoms with van der Waals surface area (Å²) in [5.41, 5.74) is 0.133. The lowest BCUT2D eigenvalue weighted by atomic mass is 10.1. The average Bonchev–Trinajstić information content (AvgIpc) is 2.57. The van der Waals surface area contributed by atoms with E-state index in [2.05, 4.69) is 11.9 Å². The van der Waals surface area contributed by atoms with Crippen LogP contribution in [0.25, 0.3) is 0 Å². The predicted octanol–water partition coefficient (Wildman–Crippen LogP) is 0.861. The van der Waals surface area contributed by atoms with Crippen molar-refractivity contribution in [1.29, 1.82) is 0 Å². The molecule has 0 aliphatic rings. The van der Waals surface area contributed by atoms with E-state index < -0.39 is 42.1 Å². The summed E-state index contributed by atoms with van der Waals surface area (Å²) in [4.78, 5) is 45.1. The molecule has 9 nitrogen and oxygen atoms in total. The quantitative estimate of drug-likeness (QED) is 0.484. The Hall–Kier alpha value is -3.36. The molecule has 0 aliphatic carbocycles. The van der Waals surface area contributed by atoms with Crippen molar-refractivity contribution in [3.63, 3.8) is 0 Å². The van der Waals surface area contributed by atoms with Crippen LogP contribution in [0.3, 0.4) is 0 Å². The Labute approximate surface area is 143 Å². The van der Waals surface area contributed by atoms with Crippen molar-refractivity contribution in [3.05, 3.63) is 48.2 Å². The molecule has 0 heterocycles. The minimum Gasteiger partial charge on any atom is -0.481 e. The number of amides is 2. The number of nitrogens with one attached hydrogen (secondary N) is 2. The van der Waals surface area contributed by atoms with Crippen LogP contribution in [-0.4, -0.2) is 40.2 Å². The second-order valence-corrected chi connectivity index (χ2v) is 4.96. The third-order valence-corrected chi connectivity index (χ3v) is 3.00. The van der Waals surface area contributed by atoms with Crippen LogP contribution in [0.1, 0.15) is 18.4 Å². The number of carboxylic acid groups (broad SMARTS) is 2. The van der Waals surface area contributed by atoms with E-state index in [0.29, 0.717) is 0 Å². The lowest BCUT2D eigenvalue weighted by Gasteiger charge is -2.17. The fraction of sp³-hybridized carbons (Fsp3) is 0.250. The van der Waals surface area contributed by atoms with Crippen LogP contribution in [0.4, 0.5) is 4.79 Å². The van der Waals surface area contributed by atoms with Gasteiger partial charge in [-0.15, -0.1) is 0 Å². The molecule has 0 radical (unpaired) electrons. The summed E-state index contributed by atoms with van der Waals surface area (Å²) in [7, 11) is 0. The molecule has 0 fully saturated rings. The number of ether oxygens (including phenoxy) is 1. The van der Waals surface area contributed by atoms with E-state index in [1.165, 1.54) is 0 Å². The topological polar surface area (TPSA) is 142 Å². The molecule has 0 unspecified atom stereocenters. The number of benzene rings is 1. The summed E-state index contributed by atoms with van der Waals surface area (Å²) < 4.78 is 4.95. The molecule has 25 heavy (non-hydrogen) atoms. The van der Waals surface area contributed by atoms with E-state index in [9.17, 15) is 19.2 Å². The molecule has 0 saturated carbocycles. The third kappa shape index (κ3) is 7.64. The maximum absolute atomic E-state index is 12.0. The lowest BCUT2D eigenvalue weighted by Crippen LogP contribution is -2.47. The first-order chi connectivity index (χ1) is 11.8. The number of hydrogen-bond acceptors (Lipinski definition) is 5. The minimum atomic E-state index is -1.45. The predicted molar refractivity (Wildman–Crippen MR) is 85.3 cm³/mol. The molecule has 4 N–H and O–H groups in total. The molecule has 1 aromatic rings. The van der Waals surface area contributed by atoms with Gasteiger partial charge >= 0.3 is 18.0 Å². The minimum absolute atomic E-state index is 0.0399. The molecule has 0 aromatic heterocycles. The van der Waals surface area contributed by atoms with Crippen LogP contribution in [0.2, 0.25) is 0 Å². The zero-order valence-electron chi connectivity index (χ0n) is 13.2. The Kier molecular flexibility index (Phi) is 7.64. The summed E-state index contributed by atoms with van der Waals surface area (Å²) >= 11 is 0. The highest BCUT2D eigenvalue weighted by molar-refractivity contribution is 5.95. The van der Waals surface area contributed by atoms with Gasteiger partial charge in [0.1, 0.15) is 18.3 Å². The molecule has 2 amide bonds. The molecular formula is C16H18N2O7. The number of aliphatic carboxylic acids is 2. The van der Waals surface area contributed by atoms with Crippen molar-refractivity contribution >= 4 is 23.9 Å². The first-order valence-corrected chi connectivity index (χ1v) is 7.21. The molecule has 1 atom stereocenters. The Morgan fingerprint density at radius 3 is 2.32 bits per heavy atom. The first kappa shape index (κ1) is 19.7. The van der Waals surface area contributed by atoms with Gasteiger partial charge in [0.25, 0.3) is 0 Å². The SMILES string of the molecule is C=C(NC(=O)[C@H](CCC(=O)O)NC(=O)OCc1ccccc1)C(=O)O. The average molecular weight is 350 g/mol. The van der Waals surface area contributed by atoms with Crippen LogP contribution < -0.4 is 10.6 Å². The van der Waals surface area contributed by atoms with Gasteiger partial charge < -0.3 is 25.6 Å². The van der Waals surface area contributed by atoms with Gasteiger partial charge in [0.05, 0.1) is 0 Å². The van der Waals surface area contributed by atoms with Crippen molar-refractivity contribution in [3.8, 4) is 0 Å². The summed E-state index contributed by atoms with van der Waals surface area (Å²) in [6.45, 7) is 3.10. The van der Waals surface area contributed by atoms with E-state index in [0.717, 1.165) is 5.56 Å². The number of carbonyl (C=O) groups is 4. The van der Waals surface area contributed by atoms with Crippen LogP contribution in [0, 0.1) is 0 Å². The normalized spacial score (nSPS) is 11.0. The molecular weight excluding hydrogens is 332 g/mol. The molecule has 0 aliphatic heterocycles. The third-order valence-electron chi connectivity index (χ3n) is 3.00. The second-order valence-electron chi connectivity index (χ2n) is 4.96. The Morgan fingerprint density at radius 2 is 1.76 bits per heavy atom. The van der Waals surface area contributed by atoms with Gasteiger partial charge in [-0.2, -0.15) is 0 Å². The van der Waals surface area contributed by atoms with Crippen LogP contribution in [0.5, 0.6) is 0 Å². The van der Waals surface area contributed by atoms with Crippen molar-refractivity contribution in [2.75, 3.05) is 0 Å². The molecule has 1 rings (SSSR count). The fourth-order valence-corrected chi connectivity index (χ4v) is 1.73. The maximum Gasteiger partial charge on any atom is 0.408 e. The summed E-state index contributed by atoms with van der Waals surface area (Å²) in [5.74, 6) is -3.52. The van der Waals surface area contributed by atoms with E-state index in [4.69, 9.17) is 14.9 Å². The van der Waals surface area contributed by atoms with Gasteiger partial charge in [0.2, 0.25) is 5.91 Å². The monoisotopic (exact) mass is 350 g/mol. The van der Waals surface area contributed by atoms with Gasteiger partial charge in [0.15, 0.2) is 0 Å². The smallest absolute Gasteiger partial charge is 0.408 e. The summed E-state index contributed by atoms with van der Waals surface area (Å²) in [5, 5.41) is 21.6. The van der Waals surface area contributed by atoms with Gasteiger partial charge in [0, 0.05) is 6.42 Å². The van der Waals surface area contributed by atoms with Crippen molar-refractivity contribution in [1.82, 2.24) is 10.6 Å². The van der Waals surface area contributed by atoms with Crippen molar-refractivity contribution < 1.29 is 34.1 Å². The van der Waals surface area contributed by atoms with E-state index in [1.54, 1.807) is 30.3 Å². The van der Waals surface area contributed by atoms with E-state index >= 15 is 0 Å². The number of rotatable bonds is 9. The molecule has 0 bridgehead atoms. The van der Waals surface area contributed by atoms with Gasteiger partial charge in [-0.3, -0.25) is 9.59 Å². The van der Waals surface area contributed by atoms with E-state index in [-0.39, 0.29) is 13.0 Å². The standard InChI is InChI=1S/C16H18N2O7/c1-10(15(22)23)17-14(21)12(7-8-13(19)20)18-16(24)25-9-11-5-3-2-4-6-11/h2-6,12H,1,7-9H2,(H,17,21)(H,18,24)(H,19,20)(H,22,23)/t12-/m0/s1. The van der Waals surface area contributed by atoms with Crippen LogP contribution in [0.15, 0.2) is 42.6 Å². The number of carbonyl (C=O) groups excluding carboxylic acids is 2. The zero-order valence-corrected chi connectivity index (χ0v) is 13.2. The van der Waals surface area contributed by atoms with Crippen molar-refractivity contribution in [2.24, 2.45) is 0 Å². The Morgan fingerprint density at radius 1 is 1.12 bits per heavy atom.